The molecule has 1 aliphatic heterocycles. The van der Waals surface area contributed by atoms with Gasteiger partial charge in [-0.05, 0) is 38.1 Å². The van der Waals surface area contributed by atoms with Crippen LogP contribution >= 0.6 is 0 Å². The van der Waals surface area contributed by atoms with Gasteiger partial charge >= 0.3 is 5.97 Å². The summed E-state index contributed by atoms with van der Waals surface area (Å²) in [5.41, 5.74) is -0.934. The van der Waals surface area contributed by atoms with Crippen molar-refractivity contribution in [1.29, 1.82) is 0 Å². The van der Waals surface area contributed by atoms with Crippen molar-refractivity contribution in [2.75, 3.05) is 5.32 Å². The molecule has 0 unspecified atom stereocenters. The Morgan fingerprint density at radius 2 is 1.76 bits per heavy atom. The number of amides is 2. The number of carbonyl (C=O) groups excluding carboxylic acids is 2. The Morgan fingerprint density at radius 1 is 1.19 bits per heavy atom. The standard InChI is InChI=1S/C14H14N2O5/c1-14(2)10(17)9(12(19)16-14)11(18)15-8-5-3-7(4-6-8)13(20)21/h3-6,17H,1-2H3,(H,15,18)(H,16,19)(H,20,21). The average molecular weight is 290 g/mol. The predicted molar refractivity (Wildman–Crippen MR) is 73.9 cm³/mol. The second-order valence-electron chi connectivity index (χ2n) is 5.14. The summed E-state index contributed by atoms with van der Waals surface area (Å²) in [6.07, 6.45) is 0. The van der Waals surface area contributed by atoms with Gasteiger partial charge in [0.05, 0.1) is 11.1 Å². The van der Waals surface area contributed by atoms with Crippen LogP contribution in [0.15, 0.2) is 35.6 Å². The van der Waals surface area contributed by atoms with Crippen LogP contribution in [-0.2, 0) is 9.59 Å². The van der Waals surface area contributed by atoms with E-state index >= 15 is 0 Å². The highest BCUT2D eigenvalue weighted by atomic mass is 16.4. The molecule has 0 atom stereocenters. The SMILES string of the molecule is CC1(C)NC(=O)C(C(=O)Nc2ccc(C(=O)O)cc2)=C1O. The molecule has 110 valence electrons. The zero-order valence-corrected chi connectivity index (χ0v) is 11.4. The van der Waals surface area contributed by atoms with Gasteiger partial charge in [-0.3, -0.25) is 9.59 Å². The lowest BCUT2D eigenvalue weighted by atomic mass is 10.0. The van der Waals surface area contributed by atoms with E-state index in [9.17, 15) is 19.5 Å². The van der Waals surface area contributed by atoms with Gasteiger partial charge in [0.1, 0.15) is 11.3 Å². The number of rotatable bonds is 3. The zero-order valence-electron chi connectivity index (χ0n) is 11.4. The minimum absolute atomic E-state index is 0.0785. The molecule has 2 rings (SSSR count). The molecule has 0 saturated carbocycles. The summed E-state index contributed by atoms with van der Waals surface area (Å²) in [5, 5.41) is 23.6. The Bertz CT molecular complexity index is 658. The molecule has 7 heteroatoms. The van der Waals surface area contributed by atoms with Gasteiger partial charge in [0.15, 0.2) is 0 Å². The number of anilines is 1. The molecule has 1 aromatic rings. The van der Waals surface area contributed by atoms with Gasteiger partial charge in [0.2, 0.25) is 0 Å². The Balaban J connectivity index is 2.20. The van der Waals surface area contributed by atoms with E-state index in [1.54, 1.807) is 13.8 Å². The van der Waals surface area contributed by atoms with Crippen molar-refractivity contribution in [2.24, 2.45) is 0 Å². The van der Waals surface area contributed by atoms with E-state index < -0.39 is 23.3 Å². The smallest absolute Gasteiger partial charge is 0.335 e. The number of hydrogen-bond acceptors (Lipinski definition) is 4. The monoisotopic (exact) mass is 290 g/mol. The van der Waals surface area contributed by atoms with Crippen LogP contribution < -0.4 is 10.6 Å². The van der Waals surface area contributed by atoms with Crippen molar-refractivity contribution in [2.45, 2.75) is 19.4 Å². The van der Waals surface area contributed by atoms with E-state index in [1.807, 2.05) is 0 Å². The third-order valence-electron chi connectivity index (χ3n) is 3.10. The highest BCUT2D eigenvalue weighted by Crippen LogP contribution is 2.25. The van der Waals surface area contributed by atoms with Crippen LogP contribution in [0.5, 0.6) is 0 Å². The maximum absolute atomic E-state index is 12.0. The molecule has 0 radical (unpaired) electrons. The van der Waals surface area contributed by atoms with E-state index in [4.69, 9.17) is 5.11 Å². The van der Waals surface area contributed by atoms with Gasteiger partial charge in [-0.1, -0.05) is 0 Å². The first kappa shape index (κ1) is 14.6. The van der Waals surface area contributed by atoms with Crippen molar-refractivity contribution >= 4 is 23.5 Å². The van der Waals surface area contributed by atoms with Crippen LogP contribution in [0.25, 0.3) is 0 Å². The van der Waals surface area contributed by atoms with Crippen LogP contribution in [0.2, 0.25) is 0 Å². The van der Waals surface area contributed by atoms with Gasteiger partial charge in [-0.25, -0.2) is 4.79 Å². The summed E-state index contributed by atoms with van der Waals surface area (Å²) < 4.78 is 0. The molecule has 21 heavy (non-hydrogen) atoms. The first-order valence-electron chi connectivity index (χ1n) is 6.13. The summed E-state index contributed by atoms with van der Waals surface area (Å²) in [6.45, 7) is 3.14. The van der Waals surface area contributed by atoms with Gasteiger partial charge in [0, 0.05) is 5.69 Å². The van der Waals surface area contributed by atoms with E-state index in [0.717, 1.165) is 0 Å². The summed E-state index contributed by atoms with van der Waals surface area (Å²) in [7, 11) is 0. The summed E-state index contributed by atoms with van der Waals surface area (Å²) in [4.78, 5) is 34.5. The maximum Gasteiger partial charge on any atom is 0.335 e. The molecule has 7 nitrogen and oxygen atoms in total. The lowest BCUT2D eigenvalue weighted by Gasteiger charge is -2.17. The first-order chi connectivity index (χ1) is 9.72. The molecule has 0 spiro atoms. The molecule has 4 N–H and O–H groups in total. The number of aliphatic hydroxyl groups is 1. The minimum Gasteiger partial charge on any atom is -0.509 e. The maximum atomic E-state index is 12.0. The largest absolute Gasteiger partial charge is 0.509 e. The lowest BCUT2D eigenvalue weighted by molar-refractivity contribution is -0.121. The van der Waals surface area contributed by atoms with Crippen LogP contribution in [0.4, 0.5) is 5.69 Å². The normalized spacial score (nSPS) is 16.6. The molecular weight excluding hydrogens is 276 g/mol. The number of aromatic carboxylic acids is 1. The number of nitrogens with one attached hydrogen (secondary N) is 2. The first-order valence-corrected chi connectivity index (χ1v) is 6.13. The highest BCUT2D eigenvalue weighted by Gasteiger charge is 2.41. The summed E-state index contributed by atoms with van der Waals surface area (Å²) in [5.74, 6) is -2.81. The molecule has 0 saturated heterocycles. The van der Waals surface area contributed by atoms with E-state index in [0.29, 0.717) is 5.69 Å². The number of aliphatic hydroxyl groups excluding tert-OH is 1. The fourth-order valence-corrected chi connectivity index (χ4v) is 1.93. The number of hydrogen-bond donors (Lipinski definition) is 4. The van der Waals surface area contributed by atoms with Crippen LogP contribution in [0.3, 0.4) is 0 Å². The third kappa shape index (κ3) is 2.71. The predicted octanol–water partition coefficient (Wildman–Crippen LogP) is 1.04. The molecule has 0 bridgehead atoms. The summed E-state index contributed by atoms with van der Waals surface area (Å²) in [6, 6.07) is 5.45. The number of carbonyl (C=O) groups is 3. The summed E-state index contributed by atoms with van der Waals surface area (Å²) >= 11 is 0. The van der Waals surface area contributed by atoms with Crippen LogP contribution in [0, 0.1) is 0 Å². The average Bonchev–Trinajstić information content (AvgIpc) is 2.58. The van der Waals surface area contributed by atoms with Gasteiger partial charge < -0.3 is 20.8 Å². The van der Waals surface area contributed by atoms with E-state index in [2.05, 4.69) is 10.6 Å². The van der Waals surface area contributed by atoms with Crippen LogP contribution in [0.1, 0.15) is 24.2 Å². The molecule has 1 aliphatic rings. The second kappa shape index (κ2) is 4.93. The number of carboxylic acids is 1. The highest BCUT2D eigenvalue weighted by molar-refractivity contribution is 6.24. The van der Waals surface area contributed by atoms with Gasteiger partial charge in [0.25, 0.3) is 11.8 Å². The molecule has 0 fully saturated rings. The van der Waals surface area contributed by atoms with Gasteiger partial charge in [-0.15, -0.1) is 0 Å². The zero-order chi connectivity index (χ0) is 15.8. The lowest BCUT2D eigenvalue weighted by Crippen LogP contribution is -2.38. The van der Waals surface area contributed by atoms with E-state index in [1.165, 1.54) is 24.3 Å². The van der Waals surface area contributed by atoms with Crippen molar-refractivity contribution in [3.05, 3.63) is 41.2 Å². The fourth-order valence-electron chi connectivity index (χ4n) is 1.93. The van der Waals surface area contributed by atoms with E-state index in [-0.39, 0.29) is 16.9 Å². The number of carboxylic acid groups (broad SMARTS) is 1. The third-order valence-corrected chi connectivity index (χ3v) is 3.10. The van der Waals surface area contributed by atoms with Gasteiger partial charge in [-0.2, -0.15) is 0 Å². The van der Waals surface area contributed by atoms with Crippen molar-refractivity contribution in [1.82, 2.24) is 5.32 Å². The fraction of sp³-hybridized carbons (Fsp3) is 0.214. The Morgan fingerprint density at radius 3 is 2.19 bits per heavy atom. The molecule has 1 aromatic carbocycles. The second-order valence-corrected chi connectivity index (χ2v) is 5.14. The number of benzene rings is 1. The Labute approximate surface area is 120 Å². The van der Waals surface area contributed by atoms with Crippen LogP contribution in [-0.4, -0.2) is 33.5 Å². The Hall–Kier alpha value is -2.83. The molecule has 0 aliphatic carbocycles. The molecular formula is C14H14N2O5. The molecule has 1 heterocycles. The minimum atomic E-state index is -1.08. The van der Waals surface area contributed by atoms with Crippen molar-refractivity contribution in [3.63, 3.8) is 0 Å². The quantitative estimate of drug-likeness (QED) is 0.621. The Kier molecular flexibility index (Phi) is 3.42. The topological polar surface area (TPSA) is 116 Å². The molecule has 0 aromatic heterocycles. The van der Waals surface area contributed by atoms with Crippen molar-refractivity contribution in [3.8, 4) is 0 Å². The molecule has 2 amide bonds. The van der Waals surface area contributed by atoms with Crippen molar-refractivity contribution < 1.29 is 24.6 Å².